The first-order chi connectivity index (χ1) is 7.13. The molecule has 78 valence electrons. The summed E-state index contributed by atoms with van der Waals surface area (Å²) in [4.78, 5) is 16.4. The smallest absolute Gasteiger partial charge is 0.261 e. The van der Waals surface area contributed by atoms with Gasteiger partial charge < -0.3 is 0 Å². The van der Waals surface area contributed by atoms with E-state index in [2.05, 4.69) is 20.9 Å². The average Bonchev–Trinajstić information content (AvgIpc) is 2.20. The highest BCUT2D eigenvalue weighted by Gasteiger charge is 2.07. The van der Waals surface area contributed by atoms with Crippen molar-refractivity contribution >= 4 is 21.6 Å². The average molecular weight is 267 g/mol. The van der Waals surface area contributed by atoms with Crippen molar-refractivity contribution in [2.45, 2.75) is 20.3 Å². The molecular weight excluding hydrogens is 256 g/mol. The van der Waals surface area contributed by atoms with Gasteiger partial charge in [0.1, 0.15) is 5.65 Å². The number of fused-ring (bicyclic) bond motifs is 1. The quantitative estimate of drug-likeness (QED) is 0.794. The fourth-order valence-electron chi connectivity index (χ4n) is 1.67. The molecule has 0 atom stereocenters. The Morgan fingerprint density at radius 3 is 2.87 bits per heavy atom. The van der Waals surface area contributed by atoms with E-state index in [9.17, 15) is 4.79 Å². The Balaban J connectivity index is 2.92. The van der Waals surface area contributed by atoms with Crippen LogP contribution in [0.2, 0.25) is 0 Å². The van der Waals surface area contributed by atoms with E-state index in [0.29, 0.717) is 12.1 Å². The molecule has 0 unspecified atom stereocenters. The van der Waals surface area contributed by atoms with E-state index >= 15 is 0 Å². The molecule has 0 fully saturated rings. The van der Waals surface area contributed by atoms with Gasteiger partial charge in [0.2, 0.25) is 0 Å². The number of rotatable bonds is 1. The topological polar surface area (TPSA) is 34.4 Å². The van der Waals surface area contributed by atoms with Crippen LogP contribution in [0.15, 0.2) is 27.6 Å². The maximum Gasteiger partial charge on any atom is 0.261 e. The third-order valence-corrected chi connectivity index (χ3v) is 2.91. The molecule has 15 heavy (non-hydrogen) atoms. The van der Waals surface area contributed by atoms with E-state index in [4.69, 9.17) is 0 Å². The normalized spacial score (nSPS) is 10.9. The summed E-state index contributed by atoms with van der Waals surface area (Å²) in [5.41, 5.74) is 2.33. The van der Waals surface area contributed by atoms with Gasteiger partial charge in [0.15, 0.2) is 0 Å². The molecular formula is C11H11BrN2O. The van der Waals surface area contributed by atoms with E-state index in [1.807, 2.05) is 26.0 Å². The van der Waals surface area contributed by atoms with Crippen LogP contribution >= 0.6 is 15.9 Å². The number of nitrogens with zero attached hydrogens (tertiary/aromatic N) is 2. The lowest BCUT2D eigenvalue weighted by molar-refractivity contribution is 0.934. The molecule has 4 heteroatoms. The van der Waals surface area contributed by atoms with Crippen LogP contribution in [-0.2, 0) is 6.42 Å². The Hall–Kier alpha value is -1.16. The lowest BCUT2D eigenvalue weighted by Crippen LogP contribution is -2.20. The molecule has 0 saturated carbocycles. The molecule has 0 saturated heterocycles. The summed E-state index contributed by atoms with van der Waals surface area (Å²) in [5.74, 6) is 0. The maximum absolute atomic E-state index is 12.0. The van der Waals surface area contributed by atoms with Crippen LogP contribution in [0.3, 0.4) is 0 Å². The first-order valence-corrected chi connectivity index (χ1v) is 5.60. The molecule has 2 rings (SSSR count). The van der Waals surface area contributed by atoms with Crippen molar-refractivity contribution in [3.05, 3.63) is 44.4 Å². The number of aryl methyl sites for hydroxylation is 1. The van der Waals surface area contributed by atoms with Gasteiger partial charge in [-0.1, -0.05) is 6.92 Å². The standard InChI is InChI=1S/C11H11BrN2O/c1-3-9-7(2)13-10-5-4-8(12)6-14(10)11(9)15/h4-6H,3H2,1-2H3. The molecule has 0 amide bonds. The molecule has 0 N–H and O–H groups in total. The highest BCUT2D eigenvalue weighted by molar-refractivity contribution is 9.10. The predicted molar refractivity (Wildman–Crippen MR) is 63.3 cm³/mol. The third kappa shape index (κ3) is 1.69. The van der Waals surface area contributed by atoms with E-state index in [1.54, 1.807) is 10.6 Å². The van der Waals surface area contributed by atoms with Crippen molar-refractivity contribution < 1.29 is 0 Å². The van der Waals surface area contributed by atoms with Crippen LogP contribution in [0, 0.1) is 6.92 Å². The minimum absolute atomic E-state index is 0.0290. The van der Waals surface area contributed by atoms with E-state index in [-0.39, 0.29) is 5.56 Å². The largest absolute Gasteiger partial charge is 0.269 e. The summed E-state index contributed by atoms with van der Waals surface area (Å²) in [7, 11) is 0. The van der Waals surface area contributed by atoms with Gasteiger partial charge in [-0.2, -0.15) is 0 Å². The van der Waals surface area contributed by atoms with Gasteiger partial charge in [-0.3, -0.25) is 9.20 Å². The third-order valence-electron chi connectivity index (χ3n) is 2.44. The van der Waals surface area contributed by atoms with E-state index < -0.39 is 0 Å². The molecule has 2 aromatic rings. The number of aromatic nitrogens is 2. The summed E-state index contributed by atoms with van der Waals surface area (Å²) in [5, 5.41) is 0. The van der Waals surface area contributed by atoms with E-state index in [1.165, 1.54) is 0 Å². The van der Waals surface area contributed by atoms with Crippen molar-refractivity contribution in [1.29, 1.82) is 0 Å². The van der Waals surface area contributed by atoms with Crippen molar-refractivity contribution in [3.8, 4) is 0 Å². The second kappa shape index (κ2) is 3.77. The molecule has 0 aliphatic rings. The van der Waals surface area contributed by atoms with Crippen LogP contribution in [-0.4, -0.2) is 9.38 Å². The number of hydrogen-bond donors (Lipinski definition) is 0. The van der Waals surface area contributed by atoms with Crippen LogP contribution in [0.5, 0.6) is 0 Å². The number of hydrogen-bond acceptors (Lipinski definition) is 2. The van der Waals surface area contributed by atoms with Crippen LogP contribution < -0.4 is 5.56 Å². The van der Waals surface area contributed by atoms with Crippen LogP contribution in [0.4, 0.5) is 0 Å². The van der Waals surface area contributed by atoms with Crippen molar-refractivity contribution in [3.63, 3.8) is 0 Å². The highest BCUT2D eigenvalue weighted by atomic mass is 79.9. The molecule has 0 spiro atoms. The van der Waals surface area contributed by atoms with Crippen LogP contribution in [0.1, 0.15) is 18.2 Å². The van der Waals surface area contributed by atoms with Gasteiger partial charge in [-0.25, -0.2) is 4.98 Å². The molecule has 0 aromatic carbocycles. The second-order valence-electron chi connectivity index (χ2n) is 3.41. The highest BCUT2D eigenvalue weighted by Crippen LogP contribution is 2.10. The fraction of sp³-hybridized carbons (Fsp3) is 0.273. The molecule has 0 bridgehead atoms. The summed E-state index contributed by atoms with van der Waals surface area (Å²) < 4.78 is 2.46. The second-order valence-corrected chi connectivity index (χ2v) is 4.33. The number of halogens is 1. The van der Waals surface area contributed by atoms with Gasteiger partial charge in [0.25, 0.3) is 5.56 Å². The zero-order valence-electron chi connectivity index (χ0n) is 8.62. The lowest BCUT2D eigenvalue weighted by atomic mass is 10.2. The lowest BCUT2D eigenvalue weighted by Gasteiger charge is -2.06. The Kier molecular flexibility index (Phi) is 2.61. The van der Waals surface area contributed by atoms with Crippen LogP contribution in [0.25, 0.3) is 5.65 Å². The molecule has 0 aliphatic carbocycles. The van der Waals surface area contributed by atoms with Gasteiger partial charge >= 0.3 is 0 Å². The SMILES string of the molecule is CCc1c(C)nc2ccc(Br)cn2c1=O. The number of pyridine rings is 1. The molecule has 0 radical (unpaired) electrons. The van der Waals surface area contributed by atoms with Gasteiger partial charge in [0, 0.05) is 21.9 Å². The fourth-order valence-corrected chi connectivity index (χ4v) is 2.00. The monoisotopic (exact) mass is 266 g/mol. The zero-order valence-corrected chi connectivity index (χ0v) is 10.2. The first-order valence-electron chi connectivity index (χ1n) is 4.81. The Bertz CT molecular complexity index is 575. The van der Waals surface area contributed by atoms with Crippen molar-refractivity contribution in [2.75, 3.05) is 0 Å². The molecule has 2 heterocycles. The Morgan fingerprint density at radius 2 is 2.20 bits per heavy atom. The maximum atomic E-state index is 12.0. The summed E-state index contributed by atoms with van der Waals surface area (Å²) in [6.07, 6.45) is 2.47. The molecule has 3 nitrogen and oxygen atoms in total. The summed E-state index contributed by atoms with van der Waals surface area (Å²) in [6.45, 7) is 3.85. The molecule has 0 aliphatic heterocycles. The minimum atomic E-state index is 0.0290. The first kappa shape index (κ1) is 10.4. The Labute approximate surface area is 95.9 Å². The summed E-state index contributed by atoms with van der Waals surface area (Å²) >= 11 is 3.34. The Morgan fingerprint density at radius 1 is 1.47 bits per heavy atom. The van der Waals surface area contributed by atoms with Gasteiger partial charge in [0.05, 0.1) is 0 Å². The van der Waals surface area contributed by atoms with Gasteiger partial charge in [-0.05, 0) is 41.4 Å². The minimum Gasteiger partial charge on any atom is -0.269 e. The van der Waals surface area contributed by atoms with Crippen molar-refractivity contribution in [2.24, 2.45) is 0 Å². The molecule has 2 aromatic heterocycles. The van der Waals surface area contributed by atoms with Crippen molar-refractivity contribution in [1.82, 2.24) is 9.38 Å². The van der Waals surface area contributed by atoms with E-state index in [0.717, 1.165) is 15.7 Å². The van der Waals surface area contributed by atoms with Gasteiger partial charge in [-0.15, -0.1) is 0 Å². The predicted octanol–water partition coefficient (Wildman–Crippen LogP) is 2.33. The summed E-state index contributed by atoms with van der Waals surface area (Å²) in [6, 6.07) is 3.71. The zero-order chi connectivity index (χ0) is 11.0.